The Morgan fingerprint density at radius 1 is 0.842 bits per heavy atom. The van der Waals surface area contributed by atoms with Gasteiger partial charge in [-0.3, -0.25) is 0 Å². The Morgan fingerprint density at radius 2 is 1.42 bits per heavy atom. The van der Waals surface area contributed by atoms with Crippen LogP contribution in [0.3, 0.4) is 0 Å². The summed E-state index contributed by atoms with van der Waals surface area (Å²) >= 11 is 3.78. The summed E-state index contributed by atoms with van der Waals surface area (Å²) in [5.74, 6) is 0.716. The molecule has 0 saturated heterocycles. The number of alkyl halides is 1. The van der Waals surface area contributed by atoms with E-state index >= 15 is 0 Å². The van der Waals surface area contributed by atoms with Gasteiger partial charge >= 0.3 is 0 Å². The first-order valence-electron chi connectivity index (χ1n) is 6.92. The first-order chi connectivity index (χ1) is 9.15. The van der Waals surface area contributed by atoms with Crippen molar-refractivity contribution < 1.29 is 0 Å². The topological polar surface area (TPSA) is 0 Å². The molecule has 19 heavy (non-hydrogen) atoms. The molecule has 0 saturated carbocycles. The first kappa shape index (κ1) is 14.3. The van der Waals surface area contributed by atoms with Crippen LogP contribution in [-0.4, -0.2) is 0 Å². The summed E-state index contributed by atoms with van der Waals surface area (Å²) in [6.45, 7) is 4.52. The zero-order valence-electron chi connectivity index (χ0n) is 11.6. The van der Waals surface area contributed by atoms with E-state index < -0.39 is 0 Å². The van der Waals surface area contributed by atoms with E-state index in [4.69, 9.17) is 0 Å². The number of halogens is 1. The van der Waals surface area contributed by atoms with Gasteiger partial charge in [-0.05, 0) is 35.4 Å². The maximum Gasteiger partial charge on any atom is 0.0397 e. The van der Waals surface area contributed by atoms with Gasteiger partial charge in [0.05, 0.1) is 0 Å². The van der Waals surface area contributed by atoms with Gasteiger partial charge in [-0.15, -0.1) is 0 Å². The zero-order valence-corrected chi connectivity index (χ0v) is 13.2. The molecule has 2 aromatic carbocycles. The van der Waals surface area contributed by atoms with Crippen LogP contribution in [0.25, 0.3) is 0 Å². The third kappa shape index (κ3) is 4.50. The van der Waals surface area contributed by atoms with Crippen LogP contribution in [0.4, 0.5) is 0 Å². The van der Waals surface area contributed by atoms with Crippen molar-refractivity contribution in [2.75, 3.05) is 0 Å². The Morgan fingerprint density at radius 3 is 2.00 bits per heavy atom. The molecule has 0 aromatic heterocycles. The summed E-state index contributed by atoms with van der Waals surface area (Å²) in [5, 5.41) is 0. The molecule has 1 heteroatoms. The summed E-state index contributed by atoms with van der Waals surface area (Å²) in [4.78, 5) is 0.471. The standard InChI is InChI=1S/C18H21Br/c1-14(2)12-18(19)17-10-8-16(9-11-17)13-15-6-4-3-5-7-15/h3-11,14,18H,12-13H2,1-2H3. The van der Waals surface area contributed by atoms with E-state index in [0.717, 1.165) is 6.42 Å². The van der Waals surface area contributed by atoms with Gasteiger partial charge in [-0.1, -0.05) is 84.4 Å². The Hall–Kier alpha value is -1.08. The quantitative estimate of drug-likeness (QED) is 0.615. The van der Waals surface area contributed by atoms with Gasteiger partial charge in [0.15, 0.2) is 0 Å². The van der Waals surface area contributed by atoms with Crippen LogP contribution in [0.1, 0.15) is 41.8 Å². The van der Waals surface area contributed by atoms with Gasteiger partial charge in [0.2, 0.25) is 0 Å². The predicted octanol–water partition coefficient (Wildman–Crippen LogP) is 5.76. The van der Waals surface area contributed by atoms with Crippen molar-refractivity contribution in [1.82, 2.24) is 0 Å². The lowest BCUT2D eigenvalue weighted by atomic mass is 9.99. The lowest BCUT2D eigenvalue weighted by molar-refractivity contribution is 0.583. The number of rotatable bonds is 5. The Labute approximate surface area is 125 Å². The van der Waals surface area contributed by atoms with E-state index in [1.54, 1.807) is 0 Å². The molecule has 2 aromatic rings. The molecule has 1 atom stereocenters. The molecule has 0 nitrogen and oxygen atoms in total. The van der Waals surface area contributed by atoms with E-state index in [9.17, 15) is 0 Å². The fourth-order valence-electron chi connectivity index (χ4n) is 2.23. The second-order valence-electron chi connectivity index (χ2n) is 5.50. The van der Waals surface area contributed by atoms with Gasteiger partial charge in [-0.2, -0.15) is 0 Å². The van der Waals surface area contributed by atoms with E-state index in [2.05, 4.69) is 84.4 Å². The summed E-state index contributed by atoms with van der Waals surface area (Å²) in [6.07, 6.45) is 2.19. The van der Waals surface area contributed by atoms with E-state index in [1.165, 1.54) is 23.1 Å². The van der Waals surface area contributed by atoms with Crippen molar-refractivity contribution in [1.29, 1.82) is 0 Å². The average Bonchev–Trinajstić information content (AvgIpc) is 2.40. The predicted molar refractivity (Wildman–Crippen MR) is 86.8 cm³/mol. The molecule has 100 valence electrons. The fourth-order valence-corrected chi connectivity index (χ4v) is 3.28. The molecule has 1 unspecified atom stereocenters. The number of hydrogen-bond acceptors (Lipinski definition) is 0. The molecule has 0 bridgehead atoms. The normalized spacial score (nSPS) is 12.6. The highest BCUT2D eigenvalue weighted by Crippen LogP contribution is 2.29. The second-order valence-corrected chi connectivity index (χ2v) is 6.61. The van der Waals surface area contributed by atoms with Crippen molar-refractivity contribution in [3.63, 3.8) is 0 Å². The molecular formula is C18H21Br. The number of benzene rings is 2. The highest BCUT2D eigenvalue weighted by molar-refractivity contribution is 9.09. The summed E-state index contributed by atoms with van der Waals surface area (Å²) < 4.78 is 0. The lowest BCUT2D eigenvalue weighted by Crippen LogP contribution is -1.96. The molecule has 0 amide bonds. The minimum atomic E-state index is 0.471. The van der Waals surface area contributed by atoms with Crippen LogP contribution in [0.2, 0.25) is 0 Å². The lowest BCUT2D eigenvalue weighted by Gasteiger charge is -2.13. The van der Waals surface area contributed by atoms with Crippen molar-refractivity contribution >= 4 is 15.9 Å². The summed E-state index contributed by atoms with van der Waals surface area (Å²) in [6, 6.07) is 19.6. The fraction of sp³-hybridized carbons (Fsp3) is 0.333. The first-order valence-corrected chi connectivity index (χ1v) is 7.83. The van der Waals surface area contributed by atoms with Crippen LogP contribution in [0.15, 0.2) is 54.6 Å². The van der Waals surface area contributed by atoms with E-state index in [-0.39, 0.29) is 0 Å². The summed E-state index contributed by atoms with van der Waals surface area (Å²) in [5.41, 5.74) is 4.12. The third-order valence-corrected chi connectivity index (χ3v) is 4.17. The Bertz CT molecular complexity index is 485. The zero-order chi connectivity index (χ0) is 13.7. The maximum absolute atomic E-state index is 3.78. The smallest absolute Gasteiger partial charge is 0.0397 e. The molecule has 0 aliphatic carbocycles. The molecular weight excluding hydrogens is 296 g/mol. The highest BCUT2D eigenvalue weighted by atomic mass is 79.9. The number of hydrogen-bond donors (Lipinski definition) is 0. The largest absolute Gasteiger partial charge is 0.0839 e. The minimum absolute atomic E-state index is 0.471. The van der Waals surface area contributed by atoms with Gasteiger partial charge in [0.1, 0.15) is 0 Å². The van der Waals surface area contributed by atoms with Crippen LogP contribution in [0.5, 0.6) is 0 Å². The van der Waals surface area contributed by atoms with Crippen molar-refractivity contribution in [3.05, 3.63) is 71.3 Å². The maximum atomic E-state index is 3.78. The van der Waals surface area contributed by atoms with Gasteiger partial charge in [0, 0.05) is 4.83 Å². The molecule has 0 fully saturated rings. The molecule has 0 spiro atoms. The molecule has 2 rings (SSSR count). The van der Waals surface area contributed by atoms with E-state index in [0.29, 0.717) is 10.7 Å². The van der Waals surface area contributed by atoms with Crippen LogP contribution < -0.4 is 0 Å². The minimum Gasteiger partial charge on any atom is -0.0839 e. The Kier molecular flexibility index (Phi) is 5.21. The average molecular weight is 317 g/mol. The van der Waals surface area contributed by atoms with E-state index in [1.807, 2.05) is 0 Å². The van der Waals surface area contributed by atoms with Gasteiger partial charge in [-0.25, -0.2) is 0 Å². The Balaban J connectivity index is 2.02. The van der Waals surface area contributed by atoms with Crippen molar-refractivity contribution in [2.24, 2.45) is 5.92 Å². The summed E-state index contributed by atoms with van der Waals surface area (Å²) in [7, 11) is 0. The van der Waals surface area contributed by atoms with Crippen LogP contribution >= 0.6 is 15.9 Å². The SMILES string of the molecule is CC(C)CC(Br)c1ccc(Cc2ccccc2)cc1. The molecule has 0 aliphatic rings. The van der Waals surface area contributed by atoms with Crippen LogP contribution in [-0.2, 0) is 6.42 Å². The van der Waals surface area contributed by atoms with Gasteiger partial charge in [0.25, 0.3) is 0 Å². The van der Waals surface area contributed by atoms with Crippen molar-refractivity contribution in [3.8, 4) is 0 Å². The van der Waals surface area contributed by atoms with Crippen LogP contribution in [0, 0.1) is 5.92 Å². The second kappa shape index (κ2) is 6.91. The molecule has 0 N–H and O–H groups in total. The van der Waals surface area contributed by atoms with Gasteiger partial charge < -0.3 is 0 Å². The monoisotopic (exact) mass is 316 g/mol. The third-order valence-electron chi connectivity index (χ3n) is 3.27. The molecule has 0 aliphatic heterocycles. The molecule has 0 heterocycles. The van der Waals surface area contributed by atoms with Crippen molar-refractivity contribution in [2.45, 2.75) is 31.5 Å². The molecule has 0 radical (unpaired) electrons. The highest BCUT2D eigenvalue weighted by Gasteiger charge is 2.09.